The number of hydrogen-bond acceptors (Lipinski definition) is 5. The van der Waals surface area contributed by atoms with Gasteiger partial charge in [-0.25, -0.2) is 12.8 Å². The Morgan fingerprint density at radius 3 is 2.75 bits per heavy atom. The molecule has 1 aliphatic rings. The first-order valence-corrected chi connectivity index (χ1v) is 12.0. The van der Waals surface area contributed by atoms with Gasteiger partial charge in [0.1, 0.15) is 16.6 Å². The molecule has 4 rings (SSSR count). The Morgan fingerprint density at radius 2 is 2.03 bits per heavy atom. The van der Waals surface area contributed by atoms with Crippen LogP contribution in [-0.2, 0) is 36.3 Å². The van der Waals surface area contributed by atoms with E-state index >= 15 is 0 Å². The molecule has 0 amide bonds. The van der Waals surface area contributed by atoms with E-state index in [1.54, 1.807) is 19.2 Å². The second kappa shape index (κ2) is 10.1. The molecule has 1 aromatic heterocycles. The lowest BCUT2D eigenvalue weighted by atomic mass is 9.76. The van der Waals surface area contributed by atoms with Crippen LogP contribution in [0.1, 0.15) is 34.6 Å². The molecule has 1 aliphatic carbocycles. The number of fused-ring (bicyclic) bond motifs is 1. The molecule has 0 fully saturated rings. The molecular formula is C23H28ClFN4O2S. The first-order chi connectivity index (χ1) is 14.8. The van der Waals surface area contributed by atoms with Crippen LogP contribution in [0.15, 0.2) is 59.8 Å². The zero-order chi connectivity index (χ0) is 22.0. The van der Waals surface area contributed by atoms with Crippen LogP contribution in [0.4, 0.5) is 4.39 Å². The van der Waals surface area contributed by atoms with Gasteiger partial charge in [0.2, 0.25) is 0 Å². The molecule has 1 heterocycles. The smallest absolute Gasteiger partial charge is 0.194 e. The number of aryl methyl sites for hydroxylation is 2. The molecule has 6 nitrogen and oxygen atoms in total. The largest absolute Gasteiger partial charge is 0.327 e. The highest BCUT2D eigenvalue weighted by atomic mass is 35.5. The summed E-state index contributed by atoms with van der Waals surface area (Å²) >= 11 is 0. The molecule has 2 atom stereocenters. The van der Waals surface area contributed by atoms with Crippen LogP contribution in [0, 0.1) is 5.82 Å². The summed E-state index contributed by atoms with van der Waals surface area (Å²) in [6.07, 6.45) is 5.34. The Labute approximate surface area is 194 Å². The van der Waals surface area contributed by atoms with Crippen LogP contribution in [0.5, 0.6) is 0 Å². The van der Waals surface area contributed by atoms with E-state index in [0.717, 1.165) is 24.0 Å². The molecule has 0 saturated carbocycles. The number of aromatic nitrogens is 2. The summed E-state index contributed by atoms with van der Waals surface area (Å²) < 4.78 is 40.0. The molecule has 2 aromatic carbocycles. The van der Waals surface area contributed by atoms with Gasteiger partial charge in [-0.05, 0) is 53.6 Å². The van der Waals surface area contributed by atoms with E-state index in [9.17, 15) is 12.8 Å². The molecule has 2 unspecified atom stereocenters. The van der Waals surface area contributed by atoms with Crippen molar-refractivity contribution in [1.82, 2.24) is 15.1 Å². The summed E-state index contributed by atoms with van der Waals surface area (Å²) in [5.41, 5.74) is 10.8. The number of nitrogens with two attached hydrogens (primary N) is 1. The second-order valence-corrected chi connectivity index (χ2v) is 10.2. The first kappa shape index (κ1) is 24.4. The summed E-state index contributed by atoms with van der Waals surface area (Å²) in [5.74, 6) is -0.304. The van der Waals surface area contributed by atoms with Crippen LogP contribution < -0.4 is 11.1 Å². The maximum atomic E-state index is 13.6. The number of hydrogen-bond donors (Lipinski definition) is 2. The zero-order valence-corrected chi connectivity index (χ0v) is 19.5. The number of nitrogens with one attached hydrogen (secondary N) is 1. The molecule has 0 bridgehead atoms. The van der Waals surface area contributed by atoms with E-state index < -0.39 is 9.84 Å². The molecule has 0 radical (unpaired) electrons. The third kappa shape index (κ3) is 5.56. The minimum absolute atomic E-state index is 0. The molecule has 0 spiro atoms. The van der Waals surface area contributed by atoms with Crippen LogP contribution in [-0.4, -0.2) is 30.1 Å². The number of nitrogens with zero attached hydrogens (tertiary/aromatic N) is 2. The van der Waals surface area contributed by atoms with Crippen molar-refractivity contribution in [2.75, 3.05) is 5.88 Å². The van der Waals surface area contributed by atoms with E-state index in [2.05, 4.69) is 22.5 Å². The van der Waals surface area contributed by atoms with Gasteiger partial charge in [-0.15, -0.1) is 12.4 Å². The highest BCUT2D eigenvalue weighted by Crippen LogP contribution is 2.34. The van der Waals surface area contributed by atoms with Crippen molar-refractivity contribution < 1.29 is 12.8 Å². The summed E-state index contributed by atoms with van der Waals surface area (Å²) in [4.78, 5) is 0.203. The van der Waals surface area contributed by atoms with Gasteiger partial charge in [0.05, 0.1) is 6.20 Å². The van der Waals surface area contributed by atoms with Crippen LogP contribution >= 0.6 is 12.4 Å². The highest BCUT2D eigenvalue weighted by Gasteiger charge is 2.27. The minimum atomic E-state index is -3.44. The fourth-order valence-corrected chi connectivity index (χ4v) is 5.29. The summed E-state index contributed by atoms with van der Waals surface area (Å²) in [7, 11) is -1.76. The lowest BCUT2D eigenvalue weighted by Crippen LogP contribution is -2.34. The zero-order valence-electron chi connectivity index (χ0n) is 17.9. The lowest BCUT2D eigenvalue weighted by molar-refractivity contribution is 0.466. The Kier molecular flexibility index (Phi) is 7.71. The average Bonchev–Trinajstić information content (AvgIpc) is 3.18. The number of sulfone groups is 1. The fraction of sp³-hybridized carbons (Fsp3) is 0.348. The van der Waals surface area contributed by atoms with E-state index in [1.807, 2.05) is 12.1 Å². The Morgan fingerprint density at radius 1 is 1.22 bits per heavy atom. The van der Waals surface area contributed by atoms with Gasteiger partial charge in [0.15, 0.2) is 9.84 Å². The monoisotopic (exact) mass is 478 g/mol. The van der Waals surface area contributed by atoms with E-state index in [0.29, 0.717) is 13.0 Å². The summed E-state index contributed by atoms with van der Waals surface area (Å²) in [6.45, 7) is 0.425. The Hall–Kier alpha value is -2.26. The third-order valence-electron chi connectivity index (χ3n) is 5.88. The van der Waals surface area contributed by atoms with E-state index in [-0.39, 0.29) is 41.0 Å². The van der Waals surface area contributed by atoms with Gasteiger partial charge in [0.25, 0.3) is 0 Å². The van der Waals surface area contributed by atoms with Crippen molar-refractivity contribution >= 4 is 22.2 Å². The topological polar surface area (TPSA) is 90.0 Å². The standard InChI is InChI=1S/C23H27FN4O2S.ClH/c1-28-14-20(13-27-28)31(29,30)15-26-12-17-5-6-18-7-8-23(25)22(21(18)11-17)10-16-3-2-4-19(24)9-16;/h2-6,9,11,13-14,22-23,26H,7-8,10,12,15,25H2,1H3;1H. The third-order valence-corrected chi connectivity index (χ3v) is 7.39. The van der Waals surface area contributed by atoms with Gasteiger partial charge in [0, 0.05) is 31.7 Å². The molecule has 172 valence electrons. The van der Waals surface area contributed by atoms with Gasteiger partial charge in [-0.2, -0.15) is 5.10 Å². The molecule has 32 heavy (non-hydrogen) atoms. The quantitative estimate of drug-likeness (QED) is 0.544. The summed E-state index contributed by atoms with van der Waals surface area (Å²) in [5, 5.41) is 6.96. The lowest BCUT2D eigenvalue weighted by Gasteiger charge is -2.32. The van der Waals surface area contributed by atoms with E-state index in [4.69, 9.17) is 5.73 Å². The van der Waals surface area contributed by atoms with E-state index in [1.165, 1.54) is 34.3 Å². The average molecular weight is 479 g/mol. The van der Waals surface area contributed by atoms with Gasteiger partial charge < -0.3 is 5.73 Å². The van der Waals surface area contributed by atoms with Gasteiger partial charge in [-0.3, -0.25) is 10.00 Å². The maximum Gasteiger partial charge on any atom is 0.194 e. The van der Waals surface area contributed by atoms with Crippen molar-refractivity contribution in [1.29, 1.82) is 0 Å². The highest BCUT2D eigenvalue weighted by molar-refractivity contribution is 7.91. The predicted molar refractivity (Wildman–Crippen MR) is 125 cm³/mol. The summed E-state index contributed by atoms with van der Waals surface area (Å²) in [6, 6.07) is 12.9. The Bertz CT molecular complexity index is 1180. The van der Waals surface area contributed by atoms with Gasteiger partial charge in [-0.1, -0.05) is 30.3 Å². The molecule has 3 aromatic rings. The van der Waals surface area contributed by atoms with Crippen molar-refractivity contribution in [2.24, 2.45) is 12.8 Å². The molecule has 3 N–H and O–H groups in total. The number of benzene rings is 2. The second-order valence-electron chi connectivity index (χ2n) is 8.21. The van der Waals surface area contributed by atoms with Crippen LogP contribution in [0.25, 0.3) is 0 Å². The SMILES string of the molecule is Cl.Cn1cc(S(=O)(=O)CNCc2ccc3c(c2)C(Cc2cccc(F)c2)C(N)CC3)cn1. The van der Waals surface area contributed by atoms with Crippen LogP contribution in [0.2, 0.25) is 0 Å². The first-order valence-electron chi connectivity index (χ1n) is 10.4. The van der Waals surface area contributed by atoms with Gasteiger partial charge >= 0.3 is 0 Å². The number of halogens is 2. The molecule has 9 heteroatoms. The maximum absolute atomic E-state index is 13.6. The normalized spacial score (nSPS) is 18.1. The Balaban J connectivity index is 0.00000289. The van der Waals surface area contributed by atoms with Crippen molar-refractivity contribution in [3.8, 4) is 0 Å². The van der Waals surface area contributed by atoms with Crippen molar-refractivity contribution in [3.05, 3.63) is 82.9 Å². The molecule has 0 aliphatic heterocycles. The molecule has 0 saturated heterocycles. The number of rotatable bonds is 7. The van der Waals surface area contributed by atoms with Crippen LogP contribution in [0.3, 0.4) is 0 Å². The molecular weight excluding hydrogens is 451 g/mol. The minimum Gasteiger partial charge on any atom is -0.327 e. The van der Waals surface area contributed by atoms with Crippen molar-refractivity contribution in [3.63, 3.8) is 0 Å². The van der Waals surface area contributed by atoms with Crippen molar-refractivity contribution in [2.45, 2.75) is 42.7 Å². The fourth-order valence-electron chi connectivity index (χ4n) is 4.23. The predicted octanol–water partition coefficient (Wildman–Crippen LogP) is 3.10.